The van der Waals surface area contributed by atoms with Crippen LogP contribution in [0.2, 0.25) is 0 Å². The zero-order valence-corrected chi connectivity index (χ0v) is 11.7. The smallest absolute Gasteiger partial charge is 0.0705 e. The van der Waals surface area contributed by atoms with Gasteiger partial charge in [0, 0.05) is 29.5 Å². The molecule has 0 aliphatic rings. The Morgan fingerprint density at radius 3 is 2.84 bits per heavy atom. The Balaban J connectivity index is 1.74. The predicted molar refractivity (Wildman–Crippen MR) is 81.3 cm³/mol. The van der Waals surface area contributed by atoms with Crippen LogP contribution in [0.25, 0.3) is 10.9 Å². The lowest BCUT2D eigenvalue weighted by Crippen LogP contribution is -2.12. The number of rotatable bonds is 4. The van der Waals surface area contributed by atoms with Crippen molar-refractivity contribution in [3.63, 3.8) is 0 Å². The topological polar surface area (TPSA) is 24.9 Å². The number of para-hydroxylation sites is 1. The van der Waals surface area contributed by atoms with E-state index in [4.69, 9.17) is 0 Å². The van der Waals surface area contributed by atoms with Gasteiger partial charge in [-0.1, -0.05) is 18.2 Å². The molecule has 3 heteroatoms. The summed E-state index contributed by atoms with van der Waals surface area (Å²) in [5.41, 5.74) is 3.74. The largest absolute Gasteiger partial charge is 0.308 e. The van der Waals surface area contributed by atoms with Gasteiger partial charge in [-0.2, -0.15) is 0 Å². The summed E-state index contributed by atoms with van der Waals surface area (Å²) in [6.45, 7) is 3.97. The van der Waals surface area contributed by atoms with E-state index in [2.05, 4.69) is 52.9 Å². The van der Waals surface area contributed by atoms with Crippen LogP contribution >= 0.6 is 11.3 Å². The zero-order valence-electron chi connectivity index (χ0n) is 10.9. The first kappa shape index (κ1) is 12.3. The number of benzene rings is 1. The molecule has 19 heavy (non-hydrogen) atoms. The summed E-state index contributed by atoms with van der Waals surface area (Å²) in [6.07, 6.45) is 1.88. The Labute approximate surface area is 117 Å². The van der Waals surface area contributed by atoms with Crippen molar-refractivity contribution in [1.29, 1.82) is 0 Å². The van der Waals surface area contributed by atoms with E-state index in [0.717, 1.165) is 18.6 Å². The van der Waals surface area contributed by atoms with Gasteiger partial charge in [-0.25, -0.2) is 0 Å². The second-order valence-corrected chi connectivity index (χ2v) is 5.62. The van der Waals surface area contributed by atoms with Gasteiger partial charge in [-0.05, 0) is 41.6 Å². The van der Waals surface area contributed by atoms with Crippen molar-refractivity contribution < 1.29 is 0 Å². The van der Waals surface area contributed by atoms with Crippen molar-refractivity contribution in [1.82, 2.24) is 10.3 Å². The Kier molecular flexibility index (Phi) is 3.58. The highest BCUT2D eigenvalue weighted by atomic mass is 32.1. The zero-order chi connectivity index (χ0) is 13.1. The molecule has 0 aliphatic heterocycles. The van der Waals surface area contributed by atoms with Crippen LogP contribution in [0.1, 0.15) is 16.0 Å². The maximum atomic E-state index is 4.39. The number of nitrogens with zero attached hydrogens (tertiary/aromatic N) is 1. The van der Waals surface area contributed by atoms with Gasteiger partial charge in [0.25, 0.3) is 0 Å². The Morgan fingerprint density at radius 1 is 1.11 bits per heavy atom. The van der Waals surface area contributed by atoms with Crippen LogP contribution in [0.15, 0.2) is 48.0 Å². The van der Waals surface area contributed by atoms with Crippen molar-refractivity contribution >= 4 is 22.2 Å². The van der Waals surface area contributed by atoms with Crippen molar-refractivity contribution in [3.8, 4) is 0 Å². The van der Waals surface area contributed by atoms with Gasteiger partial charge in [-0.3, -0.25) is 4.98 Å². The molecule has 0 bridgehead atoms. The summed E-state index contributed by atoms with van der Waals surface area (Å²) >= 11 is 1.81. The summed E-state index contributed by atoms with van der Waals surface area (Å²) in [6, 6.07) is 12.6. The fraction of sp³-hybridized carbons (Fsp3) is 0.188. The molecule has 2 nitrogen and oxygen atoms in total. The molecular formula is C16H16N2S. The first-order chi connectivity index (χ1) is 9.34. The number of nitrogens with one attached hydrogen (secondary N) is 1. The van der Waals surface area contributed by atoms with Crippen molar-refractivity contribution in [3.05, 3.63) is 64.0 Å². The molecule has 1 aromatic carbocycles. The maximum Gasteiger partial charge on any atom is 0.0705 e. The molecule has 2 heterocycles. The van der Waals surface area contributed by atoms with Crippen molar-refractivity contribution in [2.45, 2.75) is 20.0 Å². The number of fused-ring (bicyclic) bond motifs is 1. The minimum absolute atomic E-state index is 0.875. The van der Waals surface area contributed by atoms with Crippen molar-refractivity contribution in [2.75, 3.05) is 0 Å². The van der Waals surface area contributed by atoms with E-state index in [1.165, 1.54) is 21.4 Å². The molecule has 3 rings (SSSR count). The summed E-state index contributed by atoms with van der Waals surface area (Å²) in [5, 5.41) is 6.90. The molecule has 0 aliphatic carbocycles. The van der Waals surface area contributed by atoms with E-state index in [9.17, 15) is 0 Å². The lowest BCUT2D eigenvalue weighted by molar-refractivity contribution is 0.701. The fourth-order valence-corrected chi connectivity index (χ4v) is 3.08. The first-order valence-electron chi connectivity index (χ1n) is 6.41. The van der Waals surface area contributed by atoms with Crippen LogP contribution in [0, 0.1) is 6.92 Å². The monoisotopic (exact) mass is 268 g/mol. The predicted octanol–water partition coefficient (Wildman–Crippen LogP) is 3.89. The van der Waals surface area contributed by atoms with Gasteiger partial charge < -0.3 is 5.32 Å². The normalized spacial score (nSPS) is 11.0. The lowest BCUT2D eigenvalue weighted by atomic mass is 10.1. The number of hydrogen-bond acceptors (Lipinski definition) is 3. The molecule has 0 amide bonds. The van der Waals surface area contributed by atoms with E-state index < -0.39 is 0 Å². The molecular weight excluding hydrogens is 252 g/mol. The quantitative estimate of drug-likeness (QED) is 0.776. The molecule has 96 valence electrons. The van der Waals surface area contributed by atoms with Gasteiger partial charge in [0.05, 0.1) is 5.52 Å². The summed E-state index contributed by atoms with van der Waals surface area (Å²) < 4.78 is 0. The second-order valence-electron chi connectivity index (χ2n) is 4.62. The molecule has 0 saturated heterocycles. The molecule has 0 radical (unpaired) electrons. The fourth-order valence-electron chi connectivity index (χ4n) is 2.21. The van der Waals surface area contributed by atoms with E-state index in [1.54, 1.807) is 0 Å². The van der Waals surface area contributed by atoms with Gasteiger partial charge in [0.2, 0.25) is 0 Å². The molecule has 3 aromatic rings. The third kappa shape index (κ3) is 2.67. The number of aromatic nitrogens is 1. The molecule has 1 N–H and O–H groups in total. The van der Waals surface area contributed by atoms with Gasteiger partial charge in [0.1, 0.15) is 0 Å². The third-order valence-electron chi connectivity index (χ3n) is 3.31. The van der Waals surface area contributed by atoms with Crippen LogP contribution in [0.5, 0.6) is 0 Å². The van der Waals surface area contributed by atoms with Crippen LogP contribution in [-0.2, 0) is 13.1 Å². The van der Waals surface area contributed by atoms with Crippen LogP contribution in [0.3, 0.4) is 0 Å². The van der Waals surface area contributed by atoms with Gasteiger partial charge in [-0.15, -0.1) is 11.3 Å². The molecule has 0 spiro atoms. The molecule has 0 atom stereocenters. The van der Waals surface area contributed by atoms with Gasteiger partial charge >= 0.3 is 0 Å². The molecule has 0 unspecified atom stereocenters. The third-order valence-corrected chi connectivity index (χ3v) is 4.33. The average Bonchev–Trinajstić information content (AvgIpc) is 2.85. The van der Waals surface area contributed by atoms with Crippen LogP contribution in [-0.4, -0.2) is 4.98 Å². The molecule has 0 fully saturated rings. The van der Waals surface area contributed by atoms with E-state index in [1.807, 2.05) is 23.6 Å². The SMILES string of the molecule is Cc1ccsc1CNCc1ccnc2ccccc12. The molecule has 2 aromatic heterocycles. The lowest BCUT2D eigenvalue weighted by Gasteiger charge is -2.07. The first-order valence-corrected chi connectivity index (χ1v) is 7.29. The second kappa shape index (κ2) is 5.51. The minimum Gasteiger partial charge on any atom is -0.308 e. The highest BCUT2D eigenvalue weighted by molar-refractivity contribution is 7.10. The van der Waals surface area contributed by atoms with E-state index >= 15 is 0 Å². The Morgan fingerprint density at radius 2 is 2.00 bits per heavy atom. The standard InChI is InChI=1S/C16H16N2S/c1-12-7-9-19-16(12)11-17-10-13-6-8-18-15-5-3-2-4-14(13)15/h2-9,17H,10-11H2,1H3. The van der Waals surface area contributed by atoms with Gasteiger partial charge in [0.15, 0.2) is 0 Å². The molecule has 0 saturated carbocycles. The Hall–Kier alpha value is -1.71. The summed E-state index contributed by atoms with van der Waals surface area (Å²) in [7, 11) is 0. The number of pyridine rings is 1. The van der Waals surface area contributed by atoms with E-state index in [0.29, 0.717) is 0 Å². The minimum atomic E-state index is 0.875. The average molecular weight is 268 g/mol. The number of thiophene rings is 1. The maximum absolute atomic E-state index is 4.39. The summed E-state index contributed by atoms with van der Waals surface area (Å²) in [4.78, 5) is 5.80. The summed E-state index contributed by atoms with van der Waals surface area (Å²) in [5.74, 6) is 0. The highest BCUT2D eigenvalue weighted by Crippen LogP contribution is 2.17. The number of hydrogen-bond donors (Lipinski definition) is 1. The van der Waals surface area contributed by atoms with Crippen molar-refractivity contribution in [2.24, 2.45) is 0 Å². The highest BCUT2D eigenvalue weighted by Gasteiger charge is 2.02. The van der Waals surface area contributed by atoms with Crippen LogP contribution in [0.4, 0.5) is 0 Å². The Bertz CT molecular complexity index is 683. The van der Waals surface area contributed by atoms with E-state index in [-0.39, 0.29) is 0 Å². The van der Waals surface area contributed by atoms with Crippen LogP contribution < -0.4 is 5.32 Å². The number of aryl methyl sites for hydroxylation is 1.